The molecule has 0 aromatic heterocycles. The summed E-state index contributed by atoms with van der Waals surface area (Å²) in [4.78, 5) is 2.37. The molecule has 0 radical (unpaired) electrons. The highest BCUT2D eigenvalue weighted by Crippen LogP contribution is 2.37. The third-order valence-corrected chi connectivity index (χ3v) is 3.32. The number of methoxy groups -OCH3 is 2. The van der Waals surface area contributed by atoms with Crippen LogP contribution in [0.25, 0.3) is 0 Å². The SMILES string of the molecule is COc1ccc(OC)c(C2CCCN2C)c1. The Kier molecular flexibility index (Phi) is 3.34. The fourth-order valence-electron chi connectivity index (χ4n) is 2.40. The first kappa shape index (κ1) is 11.3. The molecule has 88 valence electrons. The van der Waals surface area contributed by atoms with Crippen molar-refractivity contribution in [2.75, 3.05) is 27.8 Å². The molecule has 1 heterocycles. The molecule has 1 aromatic carbocycles. The van der Waals surface area contributed by atoms with Crippen molar-refractivity contribution in [3.05, 3.63) is 23.8 Å². The third kappa shape index (κ3) is 2.00. The van der Waals surface area contributed by atoms with Crippen molar-refractivity contribution in [2.24, 2.45) is 0 Å². The summed E-state index contributed by atoms with van der Waals surface area (Å²) in [6.07, 6.45) is 2.45. The maximum absolute atomic E-state index is 5.42. The van der Waals surface area contributed by atoms with Gasteiger partial charge in [-0.1, -0.05) is 0 Å². The lowest BCUT2D eigenvalue weighted by molar-refractivity contribution is 0.304. The number of ether oxygens (including phenoxy) is 2. The highest BCUT2D eigenvalue weighted by Gasteiger charge is 2.25. The van der Waals surface area contributed by atoms with Gasteiger partial charge in [-0.3, -0.25) is 4.90 Å². The average Bonchev–Trinajstić information content (AvgIpc) is 2.74. The summed E-state index contributed by atoms with van der Waals surface area (Å²) < 4.78 is 10.7. The van der Waals surface area contributed by atoms with Gasteiger partial charge in [-0.15, -0.1) is 0 Å². The van der Waals surface area contributed by atoms with Gasteiger partial charge in [0.15, 0.2) is 0 Å². The molecule has 3 nitrogen and oxygen atoms in total. The van der Waals surface area contributed by atoms with Gasteiger partial charge in [0.05, 0.1) is 14.2 Å². The van der Waals surface area contributed by atoms with Gasteiger partial charge >= 0.3 is 0 Å². The molecule has 0 saturated carbocycles. The topological polar surface area (TPSA) is 21.7 Å². The first-order valence-electron chi connectivity index (χ1n) is 5.68. The van der Waals surface area contributed by atoms with Crippen LogP contribution in [0.1, 0.15) is 24.4 Å². The molecule has 0 aliphatic carbocycles. The second-order valence-electron chi connectivity index (χ2n) is 4.25. The van der Waals surface area contributed by atoms with Crippen molar-refractivity contribution in [1.82, 2.24) is 4.90 Å². The quantitative estimate of drug-likeness (QED) is 0.782. The van der Waals surface area contributed by atoms with Crippen molar-refractivity contribution in [2.45, 2.75) is 18.9 Å². The maximum atomic E-state index is 5.42. The van der Waals surface area contributed by atoms with Crippen LogP contribution in [0.2, 0.25) is 0 Å². The van der Waals surface area contributed by atoms with E-state index in [2.05, 4.69) is 18.0 Å². The zero-order chi connectivity index (χ0) is 11.5. The van der Waals surface area contributed by atoms with Crippen molar-refractivity contribution in [1.29, 1.82) is 0 Å². The van der Waals surface area contributed by atoms with Crippen molar-refractivity contribution in [3.63, 3.8) is 0 Å². The molecule has 0 bridgehead atoms. The van der Waals surface area contributed by atoms with Crippen LogP contribution < -0.4 is 9.47 Å². The summed E-state index contributed by atoms with van der Waals surface area (Å²) >= 11 is 0. The molecule has 1 aromatic rings. The Morgan fingerprint density at radius 1 is 1.25 bits per heavy atom. The summed E-state index contributed by atoms with van der Waals surface area (Å²) in [5, 5.41) is 0. The zero-order valence-corrected chi connectivity index (χ0v) is 10.2. The molecular weight excluding hydrogens is 202 g/mol. The first-order chi connectivity index (χ1) is 7.76. The summed E-state index contributed by atoms with van der Waals surface area (Å²) in [6, 6.07) is 6.48. The van der Waals surface area contributed by atoms with Crippen molar-refractivity contribution in [3.8, 4) is 11.5 Å². The molecule has 1 fully saturated rings. The lowest BCUT2D eigenvalue weighted by Crippen LogP contribution is -2.18. The van der Waals surface area contributed by atoms with Crippen molar-refractivity contribution < 1.29 is 9.47 Å². The van der Waals surface area contributed by atoms with Crippen LogP contribution in [0.3, 0.4) is 0 Å². The Labute approximate surface area is 97.0 Å². The molecule has 1 atom stereocenters. The minimum absolute atomic E-state index is 0.463. The molecule has 0 N–H and O–H groups in total. The molecule has 2 rings (SSSR count). The van der Waals surface area contributed by atoms with Gasteiger partial charge in [0.25, 0.3) is 0 Å². The number of hydrogen-bond acceptors (Lipinski definition) is 3. The highest BCUT2D eigenvalue weighted by atomic mass is 16.5. The predicted octanol–water partition coefficient (Wildman–Crippen LogP) is 2.47. The van der Waals surface area contributed by atoms with Crippen LogP contribution in [-0.4, -0.2) is 32.7 Å². The fraction of sp³-hybridized carbons (Fsp3) is 0.538. The minimum Gasteiger partial charge on any atom is -0.497 e. The highest BCUT2D eigenvalue weighted by molar-refractivity contribution is 5.42. The smallest absolute Gasteiger partial charge is 0.123 e. The summed E-state index contributed by atoms with van der Waals surface area (Å²) in [5.74, 6) is 1.86. The van der Waals surface area contributed by atoms with E-state index in [0.717, 1.165) is 18.0 Å². The molecular formula is C13H19NO2. The van der Waals surface area contributed by atoms with Gasteiger partial charge in [-0.25, -0.2) is 0 Å². The van der Waals surface area contributed by atoms with Crippen LogP contribution in [-0.2, 0) is 0 Å². The average molecular weight is 221 g/mol. The fourth-order valence-corrected chi connectivity index (χ4v) is 2.40. The summed E-state index contributed by atoms with van der Waals surface area (Å²) in [7, 11) is 5.58. The first-order valence-corrected chi connectivity index (χ1v) is 5.68. The molecule has 0 amide bonds. The summed E-state index contributed by atoms with van der Waals surface area (Å²) in [6.45, 7) is 1.16. The molecule has 1 aliphatic heterocycles. The Morgan fingerprint density at radius 3 is 2.62 bits per heavy atom. The predicted molar refractivity (Wildman–Crippen MR) is 64.2 cm³/mol. The van der Waals surface area contributed by atoms with E-state index in [1.807, 2.05) is 12.1 Å². The van der Waals surface area contributed by atoms with E-state index in [1.165, 1.54) is 18.4 Å². The van der Waals surface area contributed by atoms with E-state index >= 15 is 0 Å². The third-order valence-electron chi connectivity index (χ3n) is 3.32. The Hall–Kier alpha value is -1.22. The minimum atomic E-state index is 0.463. The number of benzene rings is 1. The van der Waals surface area contributed by atoms with Crippen LogP contribution in [0.5, 0.6) is 11.5 Å². The van der Waals surface area contributed by atoms with Crippen LogP contribution >= 0.6 is 0 Å². The second kappa shape index (κ2) is 4.74. The molecule has 3 heteroatoms. The largest absolute Gasteiger partial charge is 0.497 e. The second-order valence-corrected chi connectivity index (χ2v) is 4.25. The lowest BCUT2D eigenvalue weighted by atomic mass is 10.0. The van der Waals surface area contributed by atoms with Gasteiger partial charge < -0.3 is 9.47 Å². The molecule has 1 saturated heterocycles. The van der Waals surface area contributed by atoms with Gasteiger partial charge in [0.1, 0.15) is 11.5 Å². The van der Waals surface area contributed by atoms with Crippen LogP contribution in [0, 0.1) is 0 Å². The van der Waals surface area contributed by atoms with E-state index in [9.17, 15) is 0 Å². The van der Waals surface area contributed by atoms with E-state index in [1.54, 1.807) is 14.2 Å². The van der Waals surface area contributed by atoms with Gasteiger partial charge in [-0.05, 0) is 44.6 Å². The van der Waals surface area contributed by atoms with E-state index in [4.69, 9.17) is 9.47 Å². The number of likely N-dealkylation sites (tertiary alicyclic amines) is 1. The molecule has 1 unspecified atom stereocenters. The van der Waals surface area contributed by atoms with Crippen LogP contribution in [0.15, 0.2) is 18.2 Å². The number of hydrogen-bond donors (Lipinski definition) is 0. The summed E-state index contributed by atoms with van der Waals surface area (Å²) in [5.41, 5.74) is 1.24. The lowest BCUT2D eigenvalue weighted by Gasteiger charge is -2.22. The maximum Gasteiger partial charge on any atom is 0.123 e. The van der Waals surface area contributed by atoms with Crippen LogP contribution in [0.4, 0.5) is 0 Å². The van der Waals surface area contributed by atoms with Crippen molar-refractivity contribution >= 4 is 0 Å². The molecule has 16 heavy (non-hydrogen) atoms. The monoisotopic (exact) mass is 221 g/mol. The standard InChI is InChI=1S/C13H19NO2/c1-14-8-4-5-12(14)11-9-10(15-2)6-7-13(11)16-3/h6-7,9,12H,4-5,8H2,1-3H3. The zero-order valence-electron chi connectivity index (χ0n) is 10.2. The Bertz CT molecular complexity index is 365. The normalized spacial score (nSPS) is 21.1. The molecule has 1 aliphatic rings. The van der Waals surface area contributed by atoms with E-state index < -0.39 is 0 Å². The number of rotatable bonds is 3. The Morgan fingerprint density at radius 2 is 2.06 bits per heavy atom. The van der Waals surface area contributed by atoms with Gasteiger partial charge in [-0.2, -0.15) is 0 Å². The molecule has 0 spiro atoms. The van der Waals surface area contributed by atoms with Gasteiger partial charge in [0.2, 0.25) is 0 Å². The van der Waals surface area contributed by atoms with E-state index in [0.29, 0.717) is 6.04 Å². The van der Waals surface area contributed by atoms with Gasteiger partial charge in [0, 0.05) is 11.6 Å². The Balaban J connectivity index is 2.36. The van der Waals surface area contributed by atoms with E-state index in [-0.39, 0.29) is 0 Å². The number of nitrogens with zero attached hydrogens (tertiary/aromatic N) is 1.